The highest BCUT2D eigenvalue weighted by Gasteiger charge is 2.15. The molecule has 0 saturated heterocycles. The number of rotatable bonds is 2. The number of fused-ring (bicyclic) bond motifs is 1. The van der Waals surface area contributed by atoms with Crippen LogP contribution in [0.1, 0.15) is 5.69 Å². The summed E-state index contributed by atoms with van der Waals surface area (Å²) < 4.78 is 3.02. The summed E-state index contributed by atoms with van der Waals surface area (Å²) >= 11 is 1.70. The molecule has 0 spiro atoms. The molecule has 0 saturated carbocycles. The first-order valence-corrected chi connectivity index (χ1v) is 7.56. The van der Waals surface area contributed by atoms with Crippen molar-refractivity contribution in [1.82, 2.24) is 14.5 Å². The Labute approximate surface area is 130 Å². The zero-order valence-electron chi connectivity index (χ0n) is 11.5. The second kappa shape index (κ2) is 5.10. The summed E-state index contributed by atoms with van der Waals surface area (Å²) in [5.41, 5.74) is 1.46. The zero-order chi connectivity index (χ0) is 14.9. The summed E-state index contributed by atoms with van der Waals surface area (Å²) in [6, 6.07) is 18.1. The van der Waals surface area contributed by atoms with Gasteiger partial charge >= 0.3 is 0 Å². The highest BCUT2D eigenvalue weighted by Crippen LogP contribution is 2.35. The smallest absolute Gasteiger partial charge is 0.235 e. The van der Waals surface area contributed by atoms with Gasteiger partial charge in [0.05, 0.1) is 10.6 Å². The number of hydrogen-bond donors (Lipinski definition) is 0. The molecule has 0 N–H and O–H groups in total. The van der Waals surface area contributed by atoms with Crippen molar-refractivity contribution in [2.24, 2.45) is 0 Å². The fourth-order valence-corrected chi connectivity index (χ4v) is 3.52. The first kappa shape index (κ1) is 12.7. The van der Waals surface area contributed by atoms with Crippen LogP contribution < -0.4 is 0 Å². The van der Waals surface area contributed by atoms with Gasteiger partial charge in [-0.25, -0.2) is 9.97 Å². The van der Waals surface area contributed by atoms with E-state index in [0.29, 0.717) is 11.6 Å². The van der Waals surface area contributed by atoms with E-state index in [0.717, 1.165) is 10.6 Å². The molecule has 3 heterocycles. The summed E-state index contributed by atoms with van der Waals surface area (Å²) in [6.07, 6.45) is 3.36. The third-order valence-corrected chi connectivity index (χ3v) is 4.56. The molecule has 0 aliphatic heterocycles. The van der Waals surface area contributed by atoms with E-state index in [1.54, 1.807) is 40.4 Å². The quantitative estimate of drug-likeness (QED) is 0.562. The molecule has 4 rings (SSSR count). The molecule has 0 amide bonds. The molecule has 4 nitrogen and oxygen atoms in total. The van der Waals surface area contributed by atoms with Crippen LogP contribution in [0.4, 0.5) is 0 Å². The van der Waals surface area contributed by atoms with E-state index in [-0.39, 0.29) is 0 Å². The standard InChI is InChI=1S/C17H10N4S/c18-11-13-6-7-14(21(13)17-19-8-3-9-20-17)16-10-12-4-1-2-5-15(12)22-16/h1-10H. The lowest BCUT2D eigenvalue weighted by Gasteiger charge is -2.06. The molecular formula is C17H10N4S. The van der Waals surface area contributed by atoms with Gasteiger partial charge in [0, 0.05) is 17.1 Å². The van der Waals surface area contributed by atoms with Gasteiger partial charge in [-0.15, -0.1) is 11.3 Å². The predicted octanol–water partition coefficient (Wildman–Crippen LogP) is 4.02. The lowest BCUT2D eigenvalue weighted by molar-refractivity contribution is 0.929. The number of thiophene rings is 1. The van der Waals surface area contributed by atoms with E-state index in [4.69, 9.17) is 0 Å². The van der Waals surface area contributed by atoms with Crippen molar-refractivity contribution < 1.29 is 0 Å². The van der Waals surface area contributed by atoms with Gasteiger partial charge in [-0.05, 0) is 35.7 Å². The molecule has 0 aliphatic carbocycles. The second-order valence-electron chi connectivity index (χ2n) is 4.75. The topological polar surface area (TPSA) is 54.5 Å². The van der Waals surface area contributed by atoms with Crippen LogP contribution in [0.5, 0.6) is 0 Å². The Morgan fingerprint density at radius 1 is 1.00 bits per heavy atom. The molecule has 0 fully saturated rings. The van der Waals surface area contributed by atoms with Gasteiger partial charge in [0.25, 0.3) is 0 Å². The lowest BCUT2D eigenvalue weighted by atomic mass is 10.2. The first-order chi connectivity index (χ1) is 10.9. The highest BCUT2D eigenvalue weighted by atomic mass is 32.1. The Morgan fingerprint density at radius 2 is 1.82 bits per heavy atom. The van der Waals surface area contributed by atoms with E-state index < -0.39 is 0 Å². The van der Waals surface area contributed by atoms with Gasteiger partial charge in [-0.3, -0.25) is 4.57 Å². The normalized spacial score (nSPS) is 10.7. The average Bonchev–Trinajstić information content (AvgIpc) is 3.18. The van der Waals surface area contributed by atoms with Gasteiger partial charge < -0.3 is 0 Å². The molecule has 0 bridgehead atoms. The second-order valence-corrected chi connectivity index (χ2v) is 5.83. The van der Waals surface area contributed by atoms with Crippen molar-refractivity contribution in [3.8, 4) is 22.6 Å². The van der Waals surface area contributed by atoms with Gasteiger partial charge in [0.2, 0.25) is 5.95 Å². The van der Waals surface area contributed by atoms with Crippen molar-refractivity contribution in [2.75, 3.05) is 0 Å². The third-order valence-electron chi connectivity index (χ3n) is 3.43. The number of aromatic nitrogens is 3. The molecular weight excluding hydrogens is 292 g/mol. The largest absolute Gasteiger partial charge is 0.268 e. The Kier molecular flexibility index (Phi) is 2.95. The zero-order valence-corrected chi connectivity index (χ0v) is 12.3. The summed E-state index contributed by atoms with van der Waals surface area (Å²) in [5.74, 6) is 0.511. The van der Waals surface area contributed by atoms with Crippen LogP contribution in [-0.2, 0) is 0 Å². The summed E-state index contributed by atoms with van der Waals surface area (Å²) in [7, 11) is 0. The van der Waals surface area contributed by atoms with Crippen LogP contribution in [0.25, 0.3) is 26.6 Å². The van der Waals surface area contributed by atoms with Crippen molar-refractivity contribution in [3.63, 3.8) is 0 Å². The number of benzene rings is 1. The van der Waals surface area contributed by atoms with Crippen LogP contribution in [0.2, 0.25) is 0 Å². The molecule has 1 aromatic carbocycles. The van der Waals surface area contributed by atoms with Crippen LogP contribution in [-0.4, -0.2) is 14.5 Å². The Morgan fingerprint density at radius 3 is 2.59 bits per heavy atom. The van der Waals surface area contributed by atoms with E-state index in [1.807, 2.05) is 18.2 Å². The Balaban J connectivity index is 1.96. The van der Waals surface area contributed by atoms with Crippen LogP contribution in [0, 0.1) is 11.3 Å². The van der Waals surface area contributed by atoms with E-state index in [9.17, 15) is 5.26 Å². The molecule has 5 heteroatoms. The van der Waals surface area contributed by atoms with Crippen molar-refractivity contribution in [3.05, 3.63) is 66.6 Å². The molecule has 0 unspecified atom stereocenters. The fraction of sp³-hybridized carbons (Fsp3) is 0. The SMILES string of the molecule is N#Cc1ccc(-c2cc3ccccc3s2)n1-c1ncccn1. The van der Waals surface area contributed by atoms with E-state index in [1.165, 1.54) is 10.1 Å². The predicted molar refractivity (Wildman–Crippen MR) is 86.9 cm³/mol. The summed E-state index contributed by atoms with van der Waals surface area (Å²) in [4.78, 5) is 9.64. The first-order valence-electron chi connectivity index (χ1n) is 6.75. The Bertz CT molecular complexity index is 959. The minimum absolute atomic E-state index is 0.511. The molecule has 0 radical (unpaired) electrons. The maximum Gasteiger partial charge on any atom is 0.235 e. The average molecular weight is 302 g/mol. The minimum atomic E-state index is 0.511. The maximum absolute atomic E-state index is 9.36. The van der Waals surface area contributed by atoms with Gasteiger partial charge in [0.15, 0.2) is 0 Å². The molecule has 3 aromatic heterocycles. The van der Waals surface area contributed by atoms with Crippen LogP contribution >= 0.6 is 11.3 Å². The van der Waals surface area contributed by atoms with Crippen molar-refractivity contribution in [2.45, 2.75) is 0 Å². The fourth-order valence-electron chi connectivity index (χ4n) is 2.45. The summed E-state index contributed by atoms with van der Waals surface area (Å²) in [6.45, 7) is 0. The molecule has 104 valence electrons. The Hall–Kier alpha value is -2.97. The molecule has 0 aliphatic rings. The van der Waals surface area contributed by atoms with Gasteiger partial charge in [0.1, 0.15) is 11.8 Å². The lowest BCUT2D eigenvalue weighted by Crippen LogP contribution is -2.03. The number of nitriles is 1. The van der Waals surface area contributed by atoms with Crippen molar-refractivity contribution >= 4 is 21.4 Å². The number of nitrogens with zero attached hydrogens (tertiary/aromatic N) is 4. The third kappa shape index (κ3) is 1.98. The molecule has 0 atom stereocenters. The highest BCUT2D eigenvalue weighted by molar-refractivity contribution is 7.22. The van der Waals surface area contributed by atoms with Crippen LogP contribution in [0.3, 0.4) is 0 Å². The number of hydrogen-bond acceptors (Lipinski definition) is 4. The maximum atomic E-state index is 9.36. The molecule has 4 aromatic rings. The van der Waals surface area contributed by atoms with Crippen LogP contribution in [0.15, 0.2) is 60.9 Å². The molecule has 22 heavy (non-hydrogen) atoms. The van der Waals surface area contributed by atoms with E-state index in [2.05, 4.69) is 34.2 Å². The minimum Gasteiger partial charge on any atom is -0.268 e. The monoisotopic (exact) mass is 302 g/mol. The van der Waals surface area contributed by atoms with Gasteiger partial charge in [-0.2, -0.15) is 5.26 Å². The van der Waals surface area contributed by atoms with Gasteiger partial charge in [-0.1, -0.05) is 18.2 Å². The summed E-state index contributed by atoms with van der Waals surface area (Å²) in [5, 5.41) is 10.6. The van der Waals surface area contributed by atoms with Crippen molar-refractivity contribution in [1.29, 1.82) is 5.26 Å². The van der Waals surface area contributed by atoms with E-state index >= 15 is 0 Å².